The maximum absolute atomic E-state index is 13.5. The fraction of sp³-hybridized carbons (Fsp3) is 0.273. The first-order valence-electron chi connectivity index (χ1n) is 5.05. The molecule has 2 nitrogen and oxygen atoms in total. The number of hydrogen-bond acceptors (Lipinski definition) is 3. The standard InChI is InChI=1S/C11H8F4N2S/c12-8-3-6(1-2-7(8)5-18-15)9-4-10(11(13)14)17-16-9/h1-3,11H,4-5H2. The molecular weight excluding hydrogens is 268 g/mol. The minimum absolute atomic E-state index is 0.0193. The highest BCUT2D eigenvalue weighted by Gasteiger charge is 2.22. The van der Waals surface area contributed by atoms with Crippen molar-refractivity contribution < 1.29 is 17.1 Å². The van der Waals surface area contributed by atoms with E-state index in [-0.39, 0.29) is 35.6 Å². The lowest BCUT2D eigenvalue weighted by atomic mass is 10.0. The van der Waals surface area contributed by atoms with Crippen LogP contribution in [0.3, 0.4) is 0 Å². The SMILES string of the molecule is FSCc1ccc(C2=NN=C(C(F)F)C2)cc1F. The van der Waals surface area contributed by atoms with Gasteiger partial charge in [-0.25, -0.2) is 13.2 Å². The summed E-state index contributed by atoms with van der Waals surface area (Å²) in [5, 5.41) is 6.95. The predicted molar refractivity (Wildman–Crippen MR) is 63.4 cm³/mol. The van der Waals surface area contributed by atoms with E-state index in [9.17, 15) is 17.1 Å². The summed E-state index contributed by atoms with van der Waals surface area (Å²) in [6.07, 6.45) is -2.74. The molecule has 1 heterocycles. The zero-order valence-corrected chi connectivity index (χ0v) is 9.85. The van der Waals surface area contributed by atoms with Crippen molar-refractivity contribution in [1.82, 2.24) is 0 Å². The lowest BCUT2D eigenvalue weighted by molar-refractivity contribution is 0.224. The van der Waals surface area contributed by atoms with Crippen molar-refractivity contribution in [3.8, 4) is 0 Å². The number of halogens is 4. The first-order valence-corrected chi connectivity index (χ1v) is 5.94. The number of nitrogens with zero attached hydrogens (tertiary/aromatic N) is 2. The summed E-state index contributed by atoms with van der Waals surface area (Å²) < 4.78 is 50.3. The van der Waals surface area contributed by atoms with E-state index in [1.54, 1.807) is 0 Å². The second-order valence-electron chi connectivity index (χ2n) is 3.68. The van der Waals surface area contributed by atoms with Gasteiger partial charge < -0.3 is 0 Å². The van der Waals surface area contributed by atoms with Crippen molar-refractivity contribution >= 4 is 23.6 Å². The van der Waals surface area contributed by atoms with Gasteiger partial charge in [0.2, 0.25) is 0 Å². The molecule has 0 atom stereocenters. The van der Waals surface area contributed by atoms with E-state index in [1.165, 1.54) is 12.1 Å². The average molecular weight is 276 g/mol. The number of rotatable bonds is 4. The first-order chi connectivity index (χ1) is 8.61. The van der Waals surface area contributed by atoms with Gasteiger partial charge in [-0.2, -0.15) is 14.1 Å². The molecule has 18 heavy (non-hydrogen) atoms. The van der Waals surface area contributed by atoms with E-state index in [4.69, 9.17) is 0 Å². The molecule has 7 heteroatoms. The van der Waals surface area contributed by atoms with E-state index in [2.05, 4.69) is 10.2 Å². The zero-order chi connectivity index (χ0) is 13.1. The highest BCUT2D eigenvalue weighted by Crippen LogP contribution is 2.21. The van der Waals surface area contributed by atoms with Gasteiger partial charge in [0.05, 0.1) is 11.5 Å². The number of alkyl halides is 2. The molecule has 96 valence electrons. The Balaban J connectivity index is 2.15. The number of benzene rings is 1. The van der Waals surface area contributed by atoms with E-state index < -0.39 is 12.2 Å². The fourth-order valence-corrected chi connectivity index (χ4v) is 1.90. The molecule has 0 unspecified atom stereocenters. The minimum Gasteiger partial charge on any atom is -0.207 e. The van der Waals surface area contributed by atoms with Crippen LogP contribution in [0, 0.1) is 5.82 Å². The summed E-state index contributed by atoms with van der Waals surface area (Å²) in [6.45, 7) is 0. The third-order valence-corrected chi connectivity index (χ3v) is 2.92. The molecule has 0 saturated heterocycles. The predicted octanol–water partition coefficient (Wildman–Crippen LogP) is 3.76. The summed E-state index contributed by atoms with van der Waals surface area (Å²) in [5.74, 6) is -0.664. The van der Waals surface area contributed by atoms with E-state index in [0.717, 1.165) is 6.07 Å². The summed E-state index contributed by atoms with van der Waals surface area (Å²) >= 11 is 0.0193. The van der Waals surface area contributed by atoms with E-state index in [0.29, 0.717) is 11.3 Å². The highest BCUT2D eigenvalue weighted by atomic mass is 32.2. The minimum atomic E-state index is -2.65. The molecule has 0 spiro atoms. The Morgan fingerprint density at radius 1 is 1.28 bits per heavy atom. The Hall–Kier alpha value is -1.37. The van der Waals surface area contributed by atoms with Gasteiger partial charge in [-0.3, -0.25) is 0 Å². The van der Waals surface area contributed by atoms with Gasteiger partial charge in [0.25, 0.3) is 6.43 Å². The van der Waals surface area contributed by atoms with Crippen molar-refractivity contribution in [2.45, 2.75) is 18.6 Å². The van der Waals surface area contributed by atoms with Gasteiger partial charge >= 0.3 is 0 Å². The van der Waals surface area contributed by atoms with Crippen LogP contribution in [0.1, 0.15) is 17.5 Å². The van der Waals surface area contributed by atoms with Gasteiger partial charge in [0.1, 0.15) is 11.5 Å². The molecule has 0 fully saturated rings. The van der Waals surface area contributed by atoms with Crippen molar-refractivity contribution in [2.75, 3.05) is 0 Å². The third kappa shape index (κ3) is 2.72. The molecule has 2 rings (SSSR count). The van der Waals surface area contributed by atoms with Crippen molar-refractivity contribution in [2.24, 2.45) is 10.2 Å². The fourth-order valence-electron chi connectivity index (χ4n) is 1.55. The molecular formula is C11H8F4N2S. The molecule has 0 aromatic heterocycles. The lowest BCUT2D eigenvalue weighted by Gasteiger charge is -2.04. The van der Waals surface area contributed by atoms with Crippen LogP contribution in [0.5, 0.6) is 0 Å². The zero-order valence-electron chi connectivity index (χ0n) is 9.04. The van der Waals surface area contributed by atoms with Crippen LogP contribution in [-0.4, -0.2) is 17.8 Å². The van der Waals surface area contributed by atoms with E-state index >= 15 is 0 Å². The lowest BCUT2D eigenvalue weighted by Crippen LogP contribution is -2.12. The largest absolute Gasteiger partial charge is 0.278 e. The topological polar surface area (TPSA) is 24.7 Å². The molecule has 0 amide bonds. The third-order valence-electron chi connectivity index (χ3n) is 2.50. The van der Waals surface area contributed by atoms with Crippen LogP contribution in [0.4, 0.5) is 17.1 Å². The molecule has 0 saturated carbocycles. The molecule has 0 bridgehead atoms. The van der Waals surface area contributed by atoms with Crippen LogP contribution >= 0.6 is 12.1 Å². The van der Waals surface area contributed by atoms with Crippen molar-refractivity contribution in [3.63, 3.8) is 0 Å². The van der Waals surface area contributed by atoms with Crippen molar-refractivity contribution in [1.29, 1.82) is 0 Å². The Morgan fingerprint density at radius 2 is 2.06 bits per heavy atom. The van der Waals surface area contributed by atoms with Crippen molar-refractivity contribution in [3.05, 3.63) is 35.1 Å². The van der Waals surface area contributed by atoms with Gasteiger partial charge in [-0.15, -0.1) is 0 Å². The monoisotopic (exact) mass is 276 g/mol. The normalized spacial score (nSPS) is 14.9. The molecule has 0 N–H and O–H groups in total. The van der Waals surface area contributed by atoms with Crippen LogP contribution in [0.2, 0.25) is 0 Å². The Morgan fingerprint density at radius 3 is 2.61 bits per heavy atom. The smallest absolute Gasteiger partial charge is 0.207 e. The van der Waals surface area contributed by atoms with Gasteiger partial charge in [0.15, 0.2) is 0 Å². The maximum Gasteiger partial charge on any atom is 0.278 e. The Labute approximate surface area is 105 Å². The van der Waals surface area contributed by atoms with Crippen LogP contribution < -0.4 is 0 Å². The molecule has 1 aromatic rings. The van der Waals surface area contributed by atoms with Crippen LogP contribution in [-0.2, 0) is 5.75 Å². The van der Waals surface area contributed by atoms with E-state index in [1.807, 2.05) is 0 Å². The molecule has 0 radical (unpaired) electrons. The number of hydrogen-bond donors (Lipinski definition) is 0. The molecule has 1 aliphatic rings. The Kier molecular flexibility index (Phi) is 4.00. The second-order valence-corrected chi connectivity index (χ2v) is 4.18. The summed E-state index contributed by atoms with van der Waals surface area (Å²) in [6, 6.07) is 4.10. The quantitative estimate of drug-likeness (QED) is 0.768. The average Bonchev–Trinajstić information content (AvgIpc) is 2.81. The van der Waals surface area contributed by atoms with Gasteiger partial charge in [-0.1, -0.05) is 12.1 Å². The summed E-state index contributed by atoms with van der Waals surface area (Å²) in [5.41, 5.74) is 0.580. The summed E-state index contributed by atoms with van der Waals surface area (Å²) in [7, 11) is 0. The highest BCUT2D eigenvalue weighted by molar-refractivity contribution is 7.93. The summed E-state index contributed by atoms with van der Waals surface area (Å²) in [4.78, 5) is 0. The molecule has 0 aliphatic carbocycles. The van der Waals surface area contributed by atoms with Gasteiger partial charge in [-0.05, 0) is 6.07 Å². The van der Waals surface area contributed by atoms with Crippen LogP contribution in [0.25, 0.3) is 0 Å². The second kappa shape index (κ2) is 5.51. The van der Waals surface area contributed by atoms with Crippen LogP contribution in [0.15, 0.2) is 28.4 Å². The first kappa shape index (κ1) is 13.1. The Bertz CT molecular complexity index is 514. The maximum atomic E-state index is 13.5. The molecule has 1 aromatic carbocycles. The molecule has 1 aliphatic heterocycles. The van der Waals surface area contributed by atoms with Gasteiger partial charge in [0, 0.05) is 29.7 Å².